The average Bonchev–Trinajstić information content (AvgIpc) is 2.99. The molecule has 132 valence electrons. The van der Waals surface area contributed by atoms with E-state index in [1.165, 1.54) is 11.1 Å². The van der Waals surface area contributed by atoms with Crippen molar-refractivity contribution in [1.82, 2.24) is 14.9 Å². The summed E-state index contributed by atoms with van der Waals surface area (Å²) in [6.07, 6.45) is 0. The molecule has 0 saturated carbocycles. The van der Waals surface area contributed by atoms with Gasteiger partial charge >= 0.3 is 0 Å². The monoisotopic (exact) mass is 356 g/mol. The second-order valence-electron chi connectivity index (χ2n) is 6.42. The van der Waals surface area contributed by atoms with Crippen LogP contribution in [0.4, 0.5) is 5.82 Å². The molecule has 1 aromatic carbocycles. The van der Waals surface area contributed by atoms with Gasteiger partial charge < -0.3 is 15.0 Å². The summed E-state index contributed by atoms with van der Waals surface area (Å²) in [5.74, 6) is 1.71. The van der Waals surface area contributed by atoms with Crippen molar-refractivity contribution in [2.24, 2.45) is 0 Å². The number of hydrogen-bond acceptors (Lipinski definition) is 6. The zero-order valence-electron chi connectivity index (χ0n) is 15.1. The van der Waals surface area contributed by atoms with E-state index in [0.717, 1.165) is 21.9 Å². The lowest BCUT2D eigenvalue weighted by atomic mass is 10.1. The van der Waals surface area contributed by atoms with Gasteiger partial charge in [-0.25, -0.2) is 9.97 Å². The largest absolute Gasteiger partial charge is 0.383 e. The minimum atomic E-state index is 0.166. The molecule has 1 atom stereocenters. The molecule has 3 rings (SSSR count). The van der Waals surface area contributed by atoms with Gasteiger partial charge in [0.05, 0.1) is 18.5 Å². The first-order valence-electron chi connectivity index (χ1n) is 8.32. The fourth-order valence-corrected chi connectivity index (χ4v) is 3.77. The maximum atomic E-state index is 5.27. The van der Waals surface area contributed by atoms with E-state index >= 15 is 0 Å². The number of rotatable bonds is 7. The molecule has 0 spiro atoms. The maximum Gasteiger partial charge on any atom is 0.146 e. The van der Waals surface area contributed by atoms with E-state index in [-0.39, 0.29) is 6.04 Å². The van der Waals surface area contributed by atoms with E-state index in [9.17, 15) is 0 Å². The number of benzene rings is 1. The molecule has 0 aliphatic carbocycles. The van der Waals surface area contributed by atoms with Crippen LogP contribution in [0.25, 0.3) is 21.3 Å². The van der Waals surface area contributed by atoms with Gasteiger partial charge in [0.2, 0.25) is 0 Å². The quantitative estimate of drug-likeness (QED) is 0.696. The Kier molecular flexibility index (Phi) is 5.63. The lowest BCUT2D eigenvalue weighted by Crippen LogP contribution is -2.22. The van der Waals surface area contributed by atoms with Crippen LogP contribution in [0.5, 0.6) is 0 Å². The molecule has 1 unspecified atom stereocenters. The molecule has 0 aliphatic heterocycles. The molecule has 0 fully saturated rings. The van der Waals surface area contributed by atoms with E-state index in [1.807, 2.05) is 20.2 Å². The van der Waals surface area contributed by atoms with E-state index in [4.69, 9.17) is 14.7 Å². The van der Waals surface area contributed by atoms with E-state index < -0.39 is 0 Å². The van der Waals surface area contributed by atoms with Crippen LogP contribution < -0.4 is 5.32 Å². The second-order valence-corrected chi connectivity index (χ2v) is 7.28. The van der Waals surface area contributed by atoms with Gasteiger partial charge in [-0.15, -0.1) is 11.3 Å². The predicted octanol–water partition coefficient (Wildman–Crippen LogP) is 3.87. The fraction of sp³-hybridized carbons (Fsp3) is 0.368. The molecule has 1 N–H and O–H groups in total. The summed E-state index contributed by atoms with van der Waals surface area (Å²) in [7, 11) is 5.77. The normalized spacial score (nSPS) is 12.7. The van der Waals surface area contributed by atoms with Gasteiger partial charge in [0.25, 0.3) is 0 Å². The number of fused-ring (bicyclic) bond motifs is 1. The van der Waals surface area contributed by atoms with Crippen LogP contribution in [-0.4, -0.2) is 48.7 Å². The maximum absolute atomic E-state index is 5.27. The van der Waals surface area contributed by atoms with Gasteiger partial charge in [-0.3, -0.25) is 0 Å². The molecule has 3 aromatic rings. The lowest BCUT2D eigenvalue weighted by Gasteiger charge is -2.17. The Hall–Kier alpha value is -2.02. The van der Waals surface area contributed by atoms with Crippen LogP contribution in [0, 0.1) is 0 Å². The third-order valence-electron chi connectivity index (χ3n) is 3.82. The highest BCUT2D eigenvalue weighted by Crippen LogP contribution is 2.37. The van der Waals surface area contributed by atoms with Crippen molar-refractivity contribution >= 4 is 27.4 Å². The van der Waals surface area contributed by atoms with Crippen molar-refractivity contribution < 1.29 is 4.74 Å². The molecular weight excluding hydrogens is 332 g/mol. The summed E-state index contributed by atoms with van der Waals surface area (Å²) in [4.78, 5) is 12.7. The zero-order valence-corrected chi connectivity index (χ0v) is 15.9. The Bertz CT molecular complexity index is 832. The van der Waals surface area contributed by atoms with E-state index in [0.29, 0.717) is 13.2 Å². The summed E-state index contributed by atoms with van der Waals surface area (Å²) in [5, 5.41) is 6.76. The Morgan fingerprint density at radius 2 is 1.96 bits per heavy atom. The Balaban J connectivity index is 2.11. The van der Waals surface area contributed by atoms with E-state index in [1.54, 1.807) is 18.4 Å². The smallest absolute Gasteiger partial charge is 0.146 e. The van der Waals surface area contributed by atoms with Crippen LogP contribution >= 0.6 is 11.3 Å². The van der Waals surface area contributed by atoms with Crippen LogP contribution in [0.15, 0.2) is 35.7 Å². The number of nitrogens with zero attached hydrogens (tertiary/aromatic N) is 3. The molecule has 2 aromatic heterocycles. The van der Waals surface area contributed by atoms with Crippen LogP contribution in [0.2, 0.25) is 0 Å². The summed E-state index contributed by atoms with van der Waals surface area (Å²) < 4.78 is 5.27. The highest BCUT2D eigenvalue weighted by Gasteiger charge is 2.17. The Morgan fingerprint density at radius 3 is 2.64 bits per heavy atom. The molecule has 0 radical (unpaired) electrons. The number of thiophene rings is 1. The zero-order chi connectivity index (χ0) is 17.8. The molecule has 0 saturated heterocycles. The third kappa shape index (κ3) is 4.15. The summed E-state index contributed by atoms with van der Waals surface area (Å²) in [5.41, 5.74) is 2.35. The summed E-state index contributed by atoms with van der Waals surface area (Å²) in [6.45, 7) is 3.43. The van der Waals surface area contributed by atoms with Gasteiger partial charge in [0, 0.05) is 24.1 Å². The number of nitrogens with one attached hydrogen (secondary N) is 1. The van der Waals surface area contributed by atoms with Gasteiger partial charge in [-0.1, -0.05) is 30.3 Å². The van der Waals surface area contributed by atoms with Crippen molar-refractivity contribution in [2.75, 3.05) is 33.1 Å². The minimum Gasteiger partial charge on any atom is -0.383 e. The van der Waals surface area contributed by atoms with Gasteiger partial charge in [-0.05, 0) is 26.6 Å². The van der Waals surface area contributed by atoms with Crippen molar-refractivity contribution in [2.45, 2.75) is 19.5 Å². The number of methoxy groups -OCH3 is 1. The first-order chi connectivity index (χ1) is 12.1. The van der Waals surface area contributed by atoms with Crippen LogP contribution in [0.1, 0.15) is 12.7 Å². The molecular formula is C19H24N4OS. The second kappa shape index (κ2) is 7.91. The highest BCUT2D eigenvalue weighted by molar-refractivity contribution is 7.17. The van der Waals surface area contributed by atoms with E-state index in [2.05, 4.69) is 46.8 Å². The molecule has 0 amide bonds. The van der Waals surface area contributed by atoms with Crippen molar-refractivity contribution in [1.29, 1.82) is 0 Å². The van der Waals surface area contributed by atoms with Gasteiger partial charge in [0.1, 0.15) is 16.5 Å². The lowest BCUT2D eigenvalue weighted by molar-refractivity contribution is 0.190. The summed E-state index contributed by atoms with van der Waals surface area (Å²) in [6, 6.07) is 10.6. The number of ether oxygens (including phenoxy) is 1. The predicted molar refractivity (Wildman–Crippen MR) is 105 cm³/mol. The average molecular weight is 356 g/mol. The fourth-order valence-electron chi connectivity index (χ4n) is 2.80. The topological polar surface area (TPSA) is 50.3 Å². The number of anilines is 1. The Labute approximate surface area is 152 Å². The van der Waals surface area contributed by atoms with Gasteiger partial charge in [0.15, 0.2) is 0 Å². The van der Waals surface area contributed by atoms with Crippen molar-refractivity contribution in [3.8, 4) is 11.1 Å². The molecule has 5 nitrogen and oxygen atoms in total. The third-order valence-corrected chi connectivity index (χ3v) is 4.69. The SMILES string of the molecule is COCC(C)Nc1nc(CN(C)C)nc2scc(-c3ccccc3)c12. The molecule has 0 aliphatic rings. The first-order valence-corrected chi connectivity index (χ1v) is 9.20. The molecule has 2 heterocycles. The standard InChI is InChI=1S/C19H24N4OS/c1-13(11-24-4)20-18-17-15(14-8-6-5-7-9-14)12-25-19(17)22-16(21-18)10-23(2)3/h5-9,12-13H,10-11H2,1-4H3,(H,20,21,22). The van der Waals surface area contributed by atoms with Crippen molar-refractivity contribution in [3.05, 3.63) is 41.5 Å². The molecule has 6 heteroatoms. The first kappa shape index (κ1) is 17.8. The number of hydrogen-bond donors (Lipinski definition) is 1. The Morgan fingerprint density at radius 1 is 1.20 bits per heavy atom. The van der Waals surface area contributed by atoms with Crippen molar-refractivity contribution in [3.63, 3.8) is 0 Å². The van der Waals surface area contributed by atoms with Gasteiger partial charge in [-0.2, -0.15) is 0 Å². The minimum absolute atomic E-state index is 0.166. The molecule has 0 bridgehead atoms. The number of aromatic nitrogens is 2. The van der Waals surface area contributed by atoms with Crippen LogP contribution in [0.3, 0.4) is 0 Å². The highest BCUT2D eigenvalue weighted by atomic mass is 32.1. The van der Waals surface area contributed by atoms with Crippen LogP contribution in [-0.2, 0) is 11.3 Å². The molecule has 25 heavy (non-hydrogen) atoms. The summed E-state index contributed by atoms with van der Waals surface area (Å²) >= 11 is 1.66.